The van der Waals surface area contributed by atoms with Crippen molar-refractivity contribution in [2.24, 2.45) is 0 Å². The number of morpholine rings is 1. The molecular formula is C11H16N2O2S. The van der Waals surface area contributed by atoms with Gasteiger partial charge in [0.25, 0.3) is 5.91 Å². The van der Waals surface area contributed by atoms with Crippen LogP contribution in [0.5, 0.6) is 0 Å². The lowest BCUT2D eigenvalue weighted by Crippen LogP contribution is -2.48. The van der Waals surface area contributed by atoms with E-state index in [1.165, 1.54) is 0 Å². The van der Waals surface area contributed by atoms with Crippen LogP contribution in [0, 0.1) is 6.92 Å². The maximum Gasteiger partial charge on any atom is 0.257 e. The van der Waals surface area contributed by atoms with Gasteiger partial charge in [-0.25, -0.2) is 0 Å². The number of thiophene rings is 1. The summed E-state index contributed by atoms with van der Waals surface area (Å²) in [6, 6.07) is 2.02. The number of anilines is 1. The lowest BCUT2D eigenvalue weighted by molar-refractivity contribution is -0.131. The first kappa shape index (κ1) is 11.6. The van der Waals surface area contributed by atoms with Crippen LogP contribution in [-0.4, -0.2) is 38.8 Å². The van der Waals surface area contributed by atoms with E-state index in [-0.39, 0.29) is 12.0 Å². The van der Waals surface area contributed by atoms with Gasteiger partial charge in [-0.15, -0.1) is 11.3 Å². The SMILES string of the molecule is Cc1ccsc1N(C)C(=O)C1CNCCO1. The van der Waals surface area contributed by atoms with Gasteiger partial charge in [0.05, 0.1) is 6.61 Å². The molecule has 1 fully saturated rings. The van der Waals surface area contributed by atoms with Gasteiger partial charge in [0.15, 0.2) is 0 Å². The Morgan fingerprint density at radius 1 is 1.69 bits per heavy atom. The molecule has 1 aliphatic rings. The number of hydrogen-bond donors (Lipinski definition) is 1. The Balaban J connectivity index is 2.06. The Kier molecular flexibility index (Phi) is 3.58. The highest BCUT2D eigenvalue weighted by Gasteiger charge is 2.26. The highest BCUT2D eigenvalue weighted by Crippen LogP contribution is 2.26. The monoisotopic (exact) mass is 240 g/mol. The standard InChI is InChI=1S/C11H16N2O2S/c1-8-3-6-16-11(8)13(2)10(14)9-7-12-4-5-15-9/h3,6,9,12H,4-5,7H2,1-2H3. The summed E-state index contributed by atoms with van der Waals surface area (Å²) in [7, 11) is 1.80. The second-order valence-electron chi connectivity index (χ2n) is 3.87. The fourth-order valence-corrected chi connectivity index (χ4v) is 2.65. The molecular weight excluding hydrogens is 224 g/mol. The van der Waals surface area contributed by atoms with E-state index >= 15 is 0 Å². The smallest absolute Gasteiger partial charge is 0.257 e. The number of likely N-dealkylation sites (N-methyl/N-ethyl adjacent to an activating group) is 1. The molecule has 5 heteroatoms. The second kappa shape index (κ2) is 4.95. The summed E-state index contributed by atoms with van der Waals surface area (Å²) in [6.07, 6.45) is -0.347. The third-order valence-electron chi connectivity index (χ3n) is 2.67. The van der Waals surface area contributed by atoms with Gasteiger partial charge in [-0.2, -0.15) is 0 Å². The molecule has 0 spiro atoms. The van der Waals surface area contributed by atoms with Crippen LogP contribution in [-0.2, 0) is 9.53 Å². The van der Waals surface area contributed by atoms with Crippen LogP contribution < -0.4 is 10.2 Å². The van der Waals surface area contributed by atoms with E-state index in [0.29, 0.717) is 13.2 Å². The van der Waals surface area contributed by atoms with Gasteiger partial charge in [-0.3, -0.25) is 4.79 Å². The van der Waals surface area contributed by atoms with Gasteiger partial charge in [-0.1, -0.05) is 0 Å². The summed E-state index contributed by atoms with van der Waals surface area (Å²) >= 11 is 1.58. The van der Waals surface area contributed by atoms with Crippen molar-refractivity contribution >= 4 is 22.2 Å². The molecule has 2 heterocycles. The largest absolute Gasteiger partial charge is 0.366 e. The number of amides is 1. The van der Waals surface area contributed by atoms with Gasteiger partial charge in [0.2, 0.25) is 0 Å². The zero-order chi connectivity index (χ0) is 11.5. The average molecular weight is 240 g/mol. The molecule has 4 nitrogen and oxygen atoms in total. The van der Waals surface area contributed by atoms with Crippen LogP contribution in [0.2, 0.25) is 0 Å². The molecule has 0 aromatic carbocycles. The number of carbonyl (C=O) groups excluding carboxylic acids is 1. The summed E-state index contributed by atoms with van der Waals surface area (Å²) in [6.45, 7) is 4.04. The summed E-state index contributed by atoms with van der Waals surface area (Å²) in [5.74, 6) is 0.0257. The first-order valence-corrected chi connectivity index (χ1v) is 6.22. The van der Waals surface area contributed by atoms with Crippen molar-refractivity contribution in [2.75, 3.05) is 31.6 Å². The first-order valence-electron chi connectivity index (χ1n) is 5.34. The van der Waals surface area contributed by atoms with E-state index in [4.69, 9.17) is 4.74 Å². The molecule has 0 aliphatic carbocycles. The molecule has 1 aliphatic heterocycles. The van der Waals surface area contributed by atoms with Crippen LogP contribution in [0.4, 0.5) is 5.00 Å². The number of rotatable bonds is 2. The highest BCUT2D eigenvalue weighted by molar-refractivity contribution is 7.14. The summed E-state index contributed by atoms with van der Waals surface area (Å²) in [4.78, 5) is 13.8. The molecule has 1 aromatic heterocycles. The molecule has 2 rings (SSSR count). The van der Waals surface area contributed by atoms with Crippen molar-refractivity contribution in [2.45, 2.75) is 13.0 Å². The van der Waals surface area contributed by atoms with Crippen LogP contribution in [0.25, 0.3) is 0 Å². The van der Waals surface area contributed by atoms with Crippen molar-refractivity contribution in [3.05, 3.63) is 17.0 Å². The summed E-state index contributed by atoms with van der Waals surface area (Å²) in [5, 5.41) is 6.16. The summed E-state index contributed by atoms with van der Waals surface area (Å²) in [5.41, 5.74) is 1.13. The summed E-state index contributed by atoms with van der Waals surface area (Å²) < 4.78 is 5.45. The Labute approximate surface area is 99.2 Å². The van der Waals surface area contributed by atoms with Gasteiger partial charge < -0.3 is 15.0 Å². The van der Waals surface area contributed by atoms with E-state index in [1.54, 1.807) is 23.3 Å². The van der Waals surface area contributed by atoms with E-state index in [2.05, 4.69) is 5.32 Å². The van der Waals surface area contributed by atoms with Gasteiger partial charge >= 0.3 is 0 Å². The van der Waals surface area contributed by atoms with E-state index in [9.17, 15) is 4.79 Å². The van der Waals surface area contributed by atoms with E-state index < -0.39 is 0 Å². The molecule has 0 radical (unpaired) electrons. The Morgan fingerprint density at radius 3 is 3.06 bits per heavy atom. The molecule has 1 aromatic rings. The number of nitrogens with one attached hydrogen (secondary N) is 1. The Bertz CT molecular complexity index is 372. The van der Waals surface area contributed by atoms with Crippen LogP contribution in [0.1, 0.15) is 5.56 Å². The lowest BCUT2D eigenvalue weighted by atomic mass is 10.2. The first-order chi connectivity index (χ1) is 7.70. The maximum absolute atomic E-state index is 12.1. The predicted octanol–water partition coefficient (Wildman–Crippen LogP) is 1.01. The van der Waals surface area contributed by atoms with E-state index in [0.717, 1.165) is 17.1 Å². The van der Waals surface area contributed by atoms with Gasteiger partial charge in [-0.05, 0) is 23.9 Å². The Hall–Kier alpha value is -0.910. The number of aryl methyl sites for hydroxylation is 1. The fourth-order valence-electron chi connectivity index (χ4n) is 1.75. The fraction of sp³-hybridized carbons (Fsp3) is 0.545. The molecule has 0 saturated carbocycles. The molecule has 1 N–H and O–H groups in total. The Morgan fingerprint density at radius 2 is 2.50 bits per heavy atom. The zero-order valence-electron chi connectivity index (χ0n) is 9.53. The van der Waals surface area contributed by atoms with Crippen LogP contribution >= 0.6 is 11.3 Å². The maximum atomic E-state index is 12.1. The third-order valence-corrected chi connectivity index (χ3v) is 3.76. The van der Waals surface area contributed by atoms with Crippen molar-refractivity contribution < 1.29 is 9.53 Å². The van der Waals surface area contributed by atoms with Crippen molar-refractivity contribution in [3.63, 3.8) is 0 Å². The quantitative estimate of drug-likeness (QED) is 0.839. The average Bonchev–Trinajstić information content (AvgIpc) is 2.75. The minimum atomic E-state index is -0.347. The molecule has 1 unspecified atom stereocenters. The number of nitrogens with zero attached hydrogens (tertiary/aromatic N) is 1. The van der Waals surface area contributed by atoms with Crippen molar-refractivity contribution in [1.82, 2.24) is 5.32 Å². The normalized spacial score (nSPS) is 20.8. The molecule has 88 valence electrons. The van der Waals surface area contributed by atoms with Gasteiger partial charge in [0, 0.05) is 20.1 Å². The minimum Gasteiger partial charge on any atom is -0.366 e. The van der Waals surface area contributed by atoms with Crippen LogP contribution in [0.3, 0.4) is 0 Å². The molecule has 1 amide bonds. The van der Waals surface area contributed by atoms with Crippen molar-refractivity contribution in [1.29, 1.82) is 0 Å². The van der Waals surface area contributed by atoms with Crippen LogP contribution in [0.15, 0.2) is 11.4 Å². The predicted molar refractivity (Wildman–Crippen MR) is 65.1 cm³/mol. The highest BCUT2D eigenvalue weighted by atomic mass is 32.1. The number of ether oxygens (including phenoxy) is 1. The van der Waals surface area contributed by atoms with E-state index in [1.807, 2.05) is 18.4 Å². The lowest BCUT2D eigenvalue weighted by Gasteiger charge is -2.27. The molecule has 16 heavy (non-hydrogen) atoms. The van der Waals surface area contributed by atoms with Crippen molar-refractivity contribution in [3.8, 4) is 0 Å². The number of carbonyl (C=O) groups is 1. The second-order valence-corrected chi connectivity index (χ2v) is 4.76. The molecule has 0 bridgehead atoms. The molecule has 1 atom stereocenters. The molecule has 1 saturated heterocycles. The third kappa shape index (κ3) is 2.26. The zero-order valence-corrected chi connectivity index (χ0v) is 10.3. The number of hydrogen-bond acceptors (Lipinski definition) is 4. The van der Waals surface area contributed by atoms with Gasteiger partial charge in [0.1, 0.15) is 11.1 Å². The minimum absolute atomic E-state index is 0.0257. The topological polar surface area (TPSA) is 41.6 Å².